The molecule has 0 bridgehead atoms. The van der Waals surface area contributed by atoms with Crippen molar-refractivity contribution in [1.29, 1.82) is 0 Å². The highest BCUT2D eigenvalue weighted by atomic mass is 35.5. The predicted molar refractivity (Wildman–Crippen MR) is 117 cm³/mol. The first-order chi connectivity index (χ1) is 14.0. The summed E-state index contributed by atoms with van der Waals surface area (Å²) in [5, 5.41) is 6.31. The van der Waals surface area contributed by atoms with Crippen LogP contribution in [-0.4, -0.2) is 5.91 Å². The third-order valence-electron chi connectivity index (χ3n) is 4.70. The second-order valence-corrected chi connectivity index (χ2v) is 7.16. The Kier molecular flexibility index (Phi) is 6.73. The third-order valence-corrected chi connectivity index (χ3v) is 4.99. The Morgan fingerprint density at radius 3 is 2.52 bits per heavy atom. The van der Waals surface area contributed by atoms with Gasteiger partial charge in [0.2, 0.25) is 0 Å². The van der Waals surface area contributed by atoms with Gasteiger partial charge in [-0.15, -0.1) is 0 Å². The molecular formula is C23H23ClFN3O. The minimum atomic E-state index is -0.453. The van der Waals surface area contributed by atoms with Crippen LogP contribution >= 0.6 is 11.6 Å². The average molecular weight is 412 g/mol. The molecule has 0 radical (unpaired) electrons. The fourth-order valence-electron chi connectivity index (χ4n) is 3.06. The van der Waals surface area contributed by atoms with Gasteiger partial charge in [-0.05, 0) is 47.9 Å². The lowest BCUT2D eigenvalue weighted by Crippen LogP contribution is -2.28. The van der Waals surface area contributed by atoms with Crippen LogP contribution < -0.4 is 16.4 Å². The summed E-state index contributed by atoms with van der Waals surface area (Å²) in [5.41, 5.74) is 9.65. The Balaban J connectivity index is 1.66. The average Bonchev–Trinajstić information content (AvgIpc) is 2.74. The van der Waals surface area contributed by atoms with Gasteiger partial charge < -0.3 is 16.4 Å². The monoisotopic (exact) mass is 411 g/mol. The molecule has 6 heteroatoms. The van der Waals surface area contributed by atoms with Crippen molar-refractivity contribution < 1.29 is 9.18 Å². The van der Waals surface area contributed by atoms with Gasteiger partial charge in [0.15, 0.2) is 0 Å². The van der Waals surface area contributed by atoms with Crippen molar-refractivity contribution >= 4 is 28.9 Å². The molecule has 3 rings (SSSR count). The van der Waals surface area contributed by atoms with E-state index >= 15 is 0 Å². The van der Waals surface area contributed by atoms with Gasteiger partial charge in [0.05, 0.1) is 22.4 Å². The van der Waals surface area contributed by atoms with E-state index in [1.165, 1.54) is 6.07 Å². The summed E-state index contributed by atoms with van der Waals surface area (Å²) in [4.78, 5) is 12.7. The molecule has 1 amide bonds. The van der Waals surface area contributed by atoms with Gasteiger partial charge in [-0.2, -0.15) is 0 Å². The van der Waals surface area contributed by atoms with Gasteiger partial charge in [-0.25, -0.2) is 4.39 Å². The number of carbonyl (C=O) groups excluding carboxylic acids is 1. The number of benzene rings is 3. The highest BCUT2D eigenvalue weighted by Crippen LogP contribution is 2.23. The summed E-state index contributed by atoms with van der Waals surface area (Å²) in [7, 11) is 0. The van der Waals surface area contributed by atoms with E-state index in [1.54, 1.807) is 30.3 Å². The molecule has 0 saturated heterocycles. The molecule has 0 aliphatic heterocycles. The van der Waals surface area contributed by atoms with Crippen LogP contribution in [0.15, 0.2) is 66.7 Å². The molecule has 0 aliphatic rings. The van der Waals surface area contributed by atoms with Gasteiger partial charge >= 0.3 is 0 Å². The van der Waals surface area contributed by atoms with Crippen LogP contribution in [0.1, 0.15) is 40.9 Å². The number of anilines is 2. The molecule has 0 aliphatic carbocycles. The highest BCUT2D eigenvalue weighted by Gasteiger charge is 2.15. The summed E-state index contributed by atoms with van der Waals surface area (Å²) in [6.45, 7) is 2.46. The minimum absolute atomic E-state index is 0.0639. The first-order valence-corrected chi connectivity index (χ1v) is 9.79. The molecule has 0 saturated carbocycles. The lowest BCUT2D eigenvalue weighted by atomic mass is 10.0. The topological polar surface area (TPSA) is 67.2 Å². The van der Waals surface area contributed by atoms with Crippen molar-refractivity contribution in [3.63, 3.8) is 0 Å². The maximum absolute atomic E-state index is 13.3. The number of halogens is 2. The Bertz CT molecular complexity index is 995. The zero-order chi connectivity index (χ0) is 20.8. The highest BCUT2D eigenvalue weighted by molar-refractivity contribution is 6.30. The first-order valence-electron chi connectivity index (χ1n) is 9.41. The Morgan fingerprint density at radius 2 is 1.86 bits per heavy atom. The number of amides is 1. The molecule has 4 nitrogen and oxygen atoms in total. The van der Waals surface area contributed by atoms with Crippen molar-refractivity contribution in [2.45, 2.75) is 25.9 Å². The van der Waals surface area contributed by atoms with E-state index < -0.39 is 5.82 Å². The molecule has 0 unspecified atom stereocenters. The van der Waals surface area contributed by atoms with Crippen LogP contribution in [0.25, 0.3) is 0 Å². The number of nitrogen functional groups attached to an aromatic ring is 1. The predicted octanol–water partition coefficient (Wildman–Crippen LogP) is 5.55. The van der Waals surface area contributed by atoms with Gasteiger partial charge in [0.1, 0.15) is 5.82 Å². The van der Waals surface area contributed by atoms with E-state index in [-0.39, 0.29) is 17.0 Å². The molecule has 1 atom stereocenters. The summed E-state index contributed by atoms with van der Waals surface area (Å²) in [6.07, 6.45) is 0.783. The summed E-state index contributed by atoms with van der Waals surface area (Å²) < 4.78 is 13.3. The van der Waals surface area contributed by atoms with Gasteiger partial charge in [0, 0.05) is 12.1 Å². The molecule has 29 heavy (non-hydrogen) atoms. The molecule has 3 aromatic carbocycles. The van der Waals surface area contributed by atoms with Crippen molar-refractivity contribution in [2.24, 2.45) is 0 Å². The van der Waals surface area contributed by atoms with Crippen molar-refractivity contribution in [3.8, 4) is 0 Å². The SMILES string of the molecule is CC[C@@H](NC(=O)c1ccc(NCc2ccc(F)c(Cl)c2)c(N)c1)c1ccccc1. The van der Waals surface area contributed by atoms with Gasteiger partial charge in [0.25, 0.3) is 5.91 Å². The van der Waals surface area contributed by atoms with E-state index in [1.807, 2.05) is 37.3 Å². The fraction of sp³-hybridized carbons (Fsp3) is 0.174. The summed E-state index contributed by atoms with van der Waals surface area (Å²) >= 11 is 5.81. The van der Waals surface area contributed by atoms with Crippen LogP contribution in [0.2, 0.25) is 5.02 Å². The molecule has 0 fully saturated rings. The molecule has 4 N–H and O–H groups in total. The molecule has 0 heterocycles. The molecule has 0 spiro atoms. The first kappa shape index (κ1) is 20.7. The lowest BCUT2D eigenvalue weighted by molar-refractivity contribution is 0.0935. The third kappa shape index (κ3) is 5.27. The van der Waals surface area contributed by atoms with Gasteiger partial charge in [-0.1, -0.05) is 54.9 Å². The second-order valence-electron chi connectivity index (χ2n) is 6.75. The Hall–Kier alpha value is -3.05. The maximum Gasteiger partial charge on any atom is 0.251 e. The fourth-order valence-corrected chi connectivity index (χ4v) is 3.26. The number of hydrogen-bond donors (Lipinski definition) is 3. The number of hydrogen-bond acceptors (Lipinski definition) is 3. The Labute approximate surface area is 174 Å². The second kappa shape index (κ2) is 9.43. The summed E-state index contributed by atoms with van der Waals surface area (Å²) in [6, 6.07) is 19.5. The smallest absolute Gasteiger partial charge is 0.251 e. The molecule has 150 valence electrons. The quantitative estimate of drug-likeness (QED) is 0.446. The van der Waals surface area contributed by atoms with Crippen LogP contribution in [0.4, 0.5) is 15.8 Å². The standard InChI is InChI=1S/C23H23ClFN3O/c1-2-21(16-6-4-3-5-7-16)28-23(29)17-9-11-22(20(26)13-17)27-14-15-8-10-19(25)18(24)12-15/h3-13,21,27H,2,14,26H2,1H3,(H,28,29)/t21-/m1/s1. The molecule has 3 aromatic rings. The summed E-state index contributed by atoms with van der Waals surface area (Å²) in [5.74, 6) is -0.629. The zero-order valence-electron chi connectivity index (χ0n) is 16.1. The zero-order valence-corrected chi connectivity index (χ0v) is 16.8. The van der Waals surface area contributed by atoms with Crippen molar-refractivity contribution in [1.82, 2.24) is 5.32 Å². The van der Waals surface area contributed by atoms with Crippen LogP contribution in [0.3, 0.4) is 0 Å². The van der Waals surface area contributed by atoms with Crippen molar-refractivity contribution in [3.05, 3.63) is 94.3 Å². The van der Waals surface area contributed by atoms with E-state index in [9.17, 15) is 9.18 Å². The van der Waals surface area contributed by atoms with Crippen molar-refractivity contribution in [2.75, 3.05) is 11.1 Å². The van der Waals surface area contributed by atoms with E-state index in [0.717, 1.165) is 17.5 Å². The number of rotatable bonds is 7. The largest absolute Gasteiger partial charge is 0.397 e. The van der Waals surface area contributed by atoms with Gasteiger partial charge in [-0.3, -0.25) is 4.79 Å². The minimum Gasteiger partial charge on any atom is -0.397 e. The Morgan fingerprint density at radius 1 is 1.10 bits per heavy atom. The van der Waals surface area contributed by atoms with E-state index in [2.05, 4.69) is 10.6 Å². The number of nitrogens with two attached hydrogens (primary N) is 1. The van der Waals surface area contributed by atoms with Crippen LogP contribution in [0.5, 0.6) is 0 Å². The van der Waals surface area contributed by atoms with Crippen LogP contribution in [-0.2, 0) is 6.54 Å². The normalized spacial score (nSPS) is 11.7. The van der Waals surface area contributed by atoms with E-state index in [4.69, 9.17) is 17.3 Å². The van der Waals surface area contributed by atoms with Crippen LogP contribution in [0, 0.1) is 5.82 Å². The molecular weight excluding hydrogens is 389 g/mol. The lowest BCUT2D eigenvalue weighted by Gasteiger charge is -2.18. The van der Waals surface area contributed by atoms with E-state index in [0.29, 0.717) is 23.5 Å². The molecule has 0 aromatic heterocycles. The number of nitrogens with one attached hydrogen (secondary N) is 2. The maximum atomic E-state index is 13.3. The number of carbonyl (C=O) groups is 1.